The highest BCUT2D eigenvalue weighted by atomic mass is 16.4. The smallest absolute Gasteiger partial charge is 0.323 e. The number of carbonyl (C=O) groups excluding carboxylic acids is 1. The van der Waals surface area contributed by atoms with E-state index in [-0.39, 0.29) is 29.8 Å². The Labute approximate surface area is 108 Å². The van der Waals surface area contributed by atoms with Crippen LogP contribution in [0.15, 0.2) is 0 Å². The number of carboxylic acid groups (broad SMARTS) is 1. The van der Waals surface area contributed by atoms with Crippen molar-refractivity contribution in [1.29, 1.82) is 0 Å². The molecule has 1 unspecified atom stereocenters. The van der Waals surface area contributed by atoms with Crippen molar-refractivity contribution in [2.45, 2.75) is 58.4 Å². The predicted octanol–water partition coefficient (Wildman–Crippen LogP) is 2.28. The molecule has 2 fully saturated rings. The van der Waals surface area contributed by atoms with Crippen LogP contribution in [0.25, 0.3) is 0 Å². The van der Waals surface area contributed by atoms with Gasteiger partial charge in [0.1, 0.15) is 6.54 Å². The third kappa shape index (κ3) is 2.85. The zero-order valence-corrected chi connectivity index (χ0v) is 11.3. The van der Waals surface area contributed by atoms with Crippen LogP contribution in [0.4, 0.5) is 0 Å². The van der Waals surface area contributed by atoms with E-state index in [0.29, 0.717) is 0 Å². The van der Waals surface area contributed by atoms with Crippen LogP contribution in [0.5, 0.6) is 0 Å². The third-order valence-corrected chi connectivity index (χ3v) is 4.38. The maximum atomic E-state index is 12.6. The zero-order valence-electron chi connectivity index (χ0n) is 11.3. The second kappa shape index (κ2) is 4.90. The molecule has 0 aliphatic heterocycles. The van der Waals surface area contributed by atoms with Crippen molar-refractivity contribution in [3.8, 4) is 0 Å². The first-order valence-electron chi connectivity index (χ1n) is 6.94. The fourth-order valence-corrected chi connectivity index (χ4v) is 3.07. The Morgan fingerprint density at radius 2 is 1.89 bits per heavy atom. The SMILES string of the molecule is CC1(C)CCCCC1C(=O)N(CC(=O)O)C1CC1. The Morgan fingerprint density at radius 1 is 1.22 bits per heavy atom. The molecule has 4 nitrogen and oxygen atoms in total. The monoisotopic (exact) mass is 253 g/mol. The molecular weight excluding hydrogens is 230 g/mol. The van der Waals surface area contributed by atoms with Crippen LogP contribution in [-0.4, -0.2) is 34.5 Å². The molecule has 2 saturated carbocycles. The quantitative estimate of drug-likeness (QED) is 0.836. The lowest BCUT2D eigenvalue weighted by Gasteiger charge is -2.40. The van der Waals surface area contributed by atoms with Crippen LogP contribution >= 0.6 is 0 Å². The molecule has 0 bridgehead atoms. The van der Waals surface area contributed by atoms with E-state index in [1.807, 2.05) is 0 Å². The molecule has 1 atom stereocenters. The van der Waals surface area contributed by atoms with Gasteiger partial charge in [0.2, 0.25) is 5.91 Å². The van der Waals surface area contributed by atoms with E-state index < -0.39 is 5.97 Å². The molecule has 0 aromatic heterocycles. The van der Waals surface area contributed by atoms with Gasteiger partial charge in [-0.3, -0.25) is 9.59 Å². The summed E-state index contributed by atoms with van der Waals surface area (Å²) in [5.74, 6) is -0.820. The van der Waals surface area contributed by atoms with Gasteiger partial charge in [0.15, 0.2) is 0 Å². The molecule has 0 aromatic rings. The first kappa shape index (κ1) is 13.4. The second-order valence-corrected chi connectivity index (χ2v) is 6.38. The van der Waals surface area contributed by atoms with Gasteiger partial charge in [-0.25, -0.2) is 0 Å². The van der Waals surface area contributed by atoms with Crippen molar-refractivity contribution >= 4 is 11.9 Å². The number of amides is 1. The van der Waals surface area contributed by atoms with Gasteiger partial charge in [0.25, 0.3) is 0 Å². The minimum atomic E-state index is -0.899. The zero-order chi connectivity index (χ0) is 13.3. The summed E-state index contributed by atoms with van der Waals surface area (Å²) in [6.45, 7) is 4.15. The standard InChI is InChI=1S/C14H23NO3/c1-14(2)8-4-3-5-11(14)13(18)15(9-12(16)17)10-6-7-10/h10-11H,3-9H2,1-2H3,(H,16,17). The normalized spacial score (nSPS) is 26.7. The van der Waals surface area contributed by atoms with Crippen molar-refractivity contribution in [2.75, 3.05) is 6.54 Å². The third-order valence-electron chi connectivity index (χ3n) is 4.38. The highest BCUT2D eigenvalue weighted by Gasteiger charge is 2.43. The van der Waals surface area contributed by atoms with Gasteiger partial charge in [0, 0.05) is 12.0 Å². The van der Waals surface area contributed by atoms with E-state index in [4.69, 9.17) is 5.11 Å². The number of carbonyl (C=O) groups is 2. The number of nitrogens with zero attached hydrogens (tertiary/aromatic N) is 1. The van der Waals surface area contributed by atoms with Crippen LogP contribution in [0, 0.1) is 11.3 Å². The molecule has 2 aliphatic carbocycles. The van der Waals surface area contributed by atoms with Crippen molar-refractivity contribution in [2.24, 2.45) is 11.3 Å². The molecule has 1 amide bonds. The molecule has 0 radical (unpaired) electrons. The average Bonchev–Trinajstić information content (AvgIpc) is 3.08. The maximum Gasteiger partial charge on any atom is 0.323 e. The molecule has 0 heterocycles. The number of carboxylic acids is 1. The molecule has 0 spiro atoms. The van der Waals surface area contributed by atoms with E-state index in [0.717, 1.165) is 32.1 Å². The van der Waals surface area contributed by atoms with E-state index in [1.54, 1.807) is 4.90 Å². The van der Waals surface area contributed by atoms with Crippen LogP contribution in [0.1, 0.15) is 52.4 Å². The van der Waals surface area contributed by atoms with E-state index >= 15 is 0 Å². The summed E-state index contributed by atoms with van der Waals surface area (Å²) in [5.41, 5.74) is 0.0149. The average molecular weight is 253 g/mol. The molecule has 4 heteroatoms. The minimum absolute atomic E-state index is 0.00574. The van der Waals surface area contributed by atoms with Crippen molar-refractivity contribution in [3.05, 3.63) is 0 Å². The lowest BCUT2D eigenvalue weighted by Crippen LogP contribution is -2.46. The molecule has 102 valence electrons. The Bertz CT molecular complexity index is 347. The van der Waals surface area contributed by atoms with E-state index in [9.17, 15) is 9.59 Å². The van der Waals surface area contributed by atoms with Crippen LogP contribution in [0.3, 0.4) is 0 Å². The second-order valence-electron chi connectivity index (χ2n) is 6.38. The van der Waals surface area contributed by atoms with Gasteiger partial charge in [-0.05, 0) is 31.1 Å². The van der Waals surface area contributed by atoms with Gasteiger partial charge in [-0.15, -0.1) is 0 Å². The summed E-state index contributed by atoms with van der Waals surface area (Å²) in [5, 5.41) is 8.94. The Morgan fingerprint density at radius 3 is 2.39 bits per heavy atom. The maximum absolute atomic E-state index is 12.6. The van der Waals surface area contributed by atoms with Crippen LogP contribution < -0.4 is 0 Å². The first-order chi connectivity index (χ1) is 8.42. The van der Waals surface area contributed by atoms with Crippen molar-refractivity contribution in [1.82, 2.24) is 4.90 Å². The molecular formula is C14H23NO3. The number of aliphatic carboxylic acids is 1. The summed E-state index contributed by atoms with van der Waals surface area (Å²) in [6.07, 6.45) is 6.17. The van der Waals surface area contributed by atoms with Gasteiger partial charge in [0.05, 0.1) is 0 Å². The van der Waals surface area contributed by atoms with Crippen LogP contribution in [0.2, 0.25) is 0 Å². The topological polar surface area (TPSA) is 57.6 Å². The Hall–Kier alpha value is -1.06. The summed E-state index contributed by atoms with van der Waals surface area (Å²) in [7, 11) is 0. The summed E-state index contributed by atoms with van der Waals surface area (Å²) in [6, 6.07) is 0.186. The lowest BCUT2D eigenvalue weighted by molar-refractivity contribution is -0.150. The summed E-state index contributed by atoms with van der Waals surface area (Å²) < 4.78 is 0. The van der Waals surface area contributed by atoms with E-state index in [1.165, 1.54) is 6.42 Å². The number of hydrogen-bond acceptors (Lipinski definition) is 2. The molecule has 0 aromatic carbocycles. The van der Waals surface area contributed by atoms with Crippen molar-refractivity contribution in [3.63, 3.8) is 0 Å². The number of rotatable bonds is 4. The van der Waals surface area contributed by atoms with Gasteiger partial charge >= 0.3 is 5.97 Å². The molecule has 2 aliphatic rings. The molecule has 1 N–H and O–H groups in total. The van der Waals surface area contributed by atoms with Crippen LogP contribution in [-0.2, 0) is 9.59 Å². The minimum Gasteiger partial charge on any atom is -0.480 e. The summed E-state index contributed by atoms with van der Waals surface area (Å²) in [4.78, 5) is 25.1. The highest BCUT2D eigenvalue weighted by molar-refractivity contribution is 5.84. The Balaban J connectivity index is 2.09. The molecule has 2 rings (SSSR count). The first-order valence-corrected chi connectivity index (χ1v) is 6.94. The predicted molar refractivity (Wildman–Crippen MR) is 68.1 cm³/mol. The fraction of sp³-hybridized carbons (Fsp3) is 0.857. The fourth-order valence-electron chi connectivity index (χ4n) is 3.07. The molecule has 0 saturated heterocycles. The number of hydrogen-bond donors (Lipinski definition) is 1. The van der Waals surface area contributed by atoms with E-state index in [2.05, 4.69) is 13.8 Å². The lowest BCUT2D eigenvalue weighted by atomic mass is 9.68. The summed E-state index contributed by atoms with van der Waals surface area (Å²) >= 11 is 0. The molecule has 18 heavy (non-hydrogen) atoms. The largest absolute Gasteiger partial charge is 0.480 e. The van der Waals surface area contributed by atoms with Crippen molar-refractivity contribution < 1.29 is 14.7 Å². The van der Waals surface area contributed by atoms with Gasteiger partial charge < -0.3 is 10.0 Å². The highest BCUT2D eigenvalue weighted by Crippen LogP contribution is 2.42. The van der Waals surface area contributed by atoms with Gasteiger partial charge in [-0.2, -0.15) is 0 Å². The van der Waals surface area contributed by atoms with Gasteiger partial charge in [-0.1, -0.05) is 26.7 Å². The Kier molecular flexibility index (Phi) is 3.64.